The van der Waals surface area contributed by atoms with Crippen LogP contribution in [0.2, 0.25) is 0 Å². The summed E-state index contributed by atoms with van der Waals surface area (Å²) >= 11 is 0. The molecule has 1 spiro atoms. The molecular weight excluding hydrogens is 408 g/mol. The Morgan fingerprint density at radius 3 is 2.50 bits per heavy atom. The van der Waals surface area contributed by atoms with Gasteiger partial charge in [0.05, 0.1) is 24.3 Å². The smallest absolute Gasteiger partial charge is 0.256 e. The molecule has 9 heteroatoms. The Labute approximate surface area is 188 Å². The Kier molecular flexibility index (Phi) is 6.76. The molecule has 0 radical (unpaired) electrons. The summed E-state index contributed by atoms with van der Waals surface area (Å²) in [4.78, 5) is 44.2. The Bertz CT molecular complexity index is 929. The third-order valence-corrected chi connectivity index (χ3v) is 6.30. The number of piperidine rings is 1. The van der Waals surface area contributed by atoms with E-state index in [4.69, 9.17) is 4.74 Å². The maximum absolute atomic E-state index is 13.0. The van der Waals surface area contributed by atoms with Gasteiger partial charge in [0, 0.05) is 44.8 Å². The maximum Gasteiger partial charge on any atom is 0.256 e. The molecule has 2 amide bonds. The number of pyridine rings is 1. The van der Waals surface area contributed by atoms with Gasteiger partial charge in [-0.2, -0.15) is 0 Å². The van der Waals surface area contributed by atoms with Gasteiger partial charge in [-0.1, -0.05) is 13.0 Å². The SMILES string of the molecule is CCN(C)CC(=O)N1CCOC2(CCN(C(=O)c3cnc(-c4ccccn4)nc3)CC2)C1. The van der Waals surface area contributed by atoms with Crippen molar-refractivity contribution in [1.29, 1.82) is 0 Å². The number of aromatic nitrogens is 3. The quantitative estimate of drug-likeness (QED) is 0.695. The first-order valence-corrected chi connectivity index (χ1v) is 11.1. The molecule has 0 atom stereocenters. The van der Waals surface area contributed by atoms with Crippen molar-refractivity contribution in [2.75, 3.05) is 52.9 Å². The zero-order chi connectivity index (χ0) is 22.6. The third kappa shape index (κ3) is 4.94. The molecule has 0 N–H and O–H groups in total. The van der Waals surface area contributed by atoms with Crippen molar-refractivity contribution in [1.82, 2.24) is 29.7 Å². The predicted molar refractivity (Wildman–Crippen MR) is 119 cm³/mol. The number of nitrogens with zero attached hydrogens (tertiary/aromatic N) is 6. The van der Waals surface area contributed by atoms with E-state index in [1.165, 1.54) is 0 Å². The van der Waals surface area contributed by atoms with Crippen molar-refractivity contribution in [3.8, 4) is 11.5 Å². The van der Waals surface area contributed by atoms with Gasteiger partial charge in [0.15, 0.2) is 5.82 Å². The molecule has 0 bridgehead atoms. The van der Waals surface area contributed by atoms with Gasteiger partial charge < -0.3 is 14.5 Å². The molecule has 9 nitrogen and oxygen atoms in total. The van der Waals surface area contributed by atoms with Gasteiger partial charge in [-0.15, -0.1) is 0 Å². The fourth-order valence-corrected chi connectivity index (χ4v) is 4.17. The van der Waals surface area contributed by atoms with Crippen LogP contribution in [0.5, 0.6) is 0 Å². The van der Waals surface area contributed by atoms with Gasteiger partial charge >= 0.3 is 0 Å². The molecule has 2 aromatic heterocycles. The Hall–Kier alpha value is -2.91. The van der Waals surface area contributed by atoms with E-state index in [2.05, 4.69) is 15.0 Å². The topological polar surface area (TPSA) is 91.8 Å². The lowest BCUT2D eigenvalue weighted by Crippen LogP contribution is -2.59. The molecule has 32 heavy (non-hydrogen) atoms. The molecule has 2 aliphatic heterocycles. The van der Waals surface area contributed by atoms with E-state index in [1.807, 2.05) is 46.9 Å². The summed E-state index contributed by atoms with van der Waals surface area (Å²) in [5, 5.41) is 0. The highest BCUT2D eigenvalue weighted by Gasteiger charge is 2.42. The van der Waals surface area contributed by atoms with Crippen molar-refractivity contribution in [3.63, 3.8) is 0 Å². The highest BCUT2D eigenvalue weighted by atomic mass is 16.5. The van der Waals surface area contributed by atoms with Crippen LogP contribution in [0.4, 0.5) is 0 Å². The second-order valence-electron chi connectivity index (χ2n) is 8.48. The van der Waals surface area contributed by atoms with Crippen molar-refractivity contribution in [3.05, 3.63) is 42.4 Å². The van der Waals surface area contributed by atoms with E-state index in [-0.39, 0.29) is 17.4 Å². The third-order valence-electron chi connectivity index (χ3n) is 6.30. The first kappa shape index (κ1) is 22.3. The van der Waals surface area contributed by atoms with E-state index >= 15 is 0 Å². The molecular formula is C23H30N6O3. The molecule has 4 heterocycles. The van der Waals surface area contributed by atoms with Gasteiger partial charge in [-0.3, -0.25) is 19.5 Å². The standard InChI is InChI=1S/C23H30N6O3/c1-3-27(2)16-20(30)29-12-13-32-23(17-29)7-10-28(11-8-23)22(31)18-14-25-21(26-15-18)19-6-4-5-9-24-19/h4-6,9,14-15H,3,7-8,10-13,16-17H2,1-2H3. The summed E-state index contributed by atoms with van der Waals surface area (Å²) in [6, 6.07) is 5.54. The fraction of sp³-hybridized carbons (Fsp3) is 0.522. The van der Waals surface area contributed by atoms with Crippen LogP contribution in [0.15, 0.2) is 36.8 Å². The summed E-state index contributed by atoms with van der Waals surface area (Å²) in [5.74, 6) is 0.551. The number of ether oxygens (including phenoxy) is 1. The van der Waals surface area contributed by atoms with Crippen molar-refractivity contribution in [2.45, 2.75) is 25.4 Å². The van der Waals surface area contributed by atoms with Gasteiger partial charge in [0.25, 0.3) is 5.91 Å². The lowest BCUT2D eigenvalue weighted by molar-refractivity contribution is -0.158. The number of carbonyl (C=O) groups is 2. The number of hydrogen-bond acceptors (Lipinski definition) is 7. The molecule has 2 aromatic rings. The van der Waals surface area contributed by atoms with Crippen LogP contribution in [0, 0.1) is 0 Å². The Morgan fingerprint density at radius 2 is 1.84 bits per heavy atom. The lowest BCUT2D eigenvalue weighted by Gasteiger charge is -2.47. The summed E-state index contributed by atoms with van der Waals surface area (Å²) in [7, 11) is 1.95. The highest BCUT2D eigenvalue weighted by molar-refractivity contribution is 5.93. The summed E-state index contributed by atoms with van der Waals surface area (Å²) in [6.07, 6.45) is 6.22. The number of likely N-dealkylation sites (N-methyl/N-ethyl adjacent to an activating group) is 1. The number of likely N-dealkylation sites (tertiary alicyclic amines) is 1. The second-order valence-corrected chi connectivity index (χ2v) is 8.48. The molecule has 2 aliphatic rings. The van der Waals surface area contributed by atoms with Crippen LogP contribution in [0.3, 0.4) is 0 Å². The summed E-state index contributed by atoms with van der Waals surface area (Å²) in [5.41, 5.74) is 0.768. The molecule has 4 rings (SSSR count). The van der Waals surface area contributed by atoms with Crippen LogP contribution in [-0.4, -0.2) is 100.0 Å². The van der Waals surface area contributed by atoms with Gasteiger partial charge in [-0.05, 0) is 38.6 Å². The molecule has 170 valence electrons. The first-order chi connectivity index (χ1) is 15.5. The molecule has 0 aliphatic carbocycles. The molecule has 0 aromatic carbocycles. The number of hydrogen-bond donors (Lipinski definition) is 0. The van der Waals surface area contributed by atoms with Crippen LogP contribution in [0.25, 0.3) is 11.5 Å². The van der Waals surface area contributed by atoms with E-state index in [0.717, 1.165) is 6.54 Å². The molecule has 2 fully saturated rings. The predicted octanol–water partition coefficient (Wildman–Crippen LogP) is 1.32. The van der Waals surface area contributed by atoms with Crippen LogP contribution < -0.4 is 0 Å². The highest BCUT2D eigenvalue weighted by Crippen LogP contribution is 2.31. The minimum absolute atomic E-state index is 0.0827. The number of rotatable bonds is 5. The zero-order valence-electron chi connectivity index (χ0n) is 18.7. The normalized spacial score (nSPS) is 18.2. The number of carbonyl (C=O) groups excluding carboxylic acids is 2. The number of amides is 2. The molecule has 2 saturated heterocycles. The summed E-state index contributed by atoms with van der Waals surface area (Å²) in [6.45, 7) is 6.22. The Balaban J connectivity index is 1.35. The second kappa shape index (κ2) is 9.70. The number of morpholine rings is 1. The van der Waals surface area contributed by atoms with E-state index < -0.39 is 0 Å². The van der Waals surface area contributed by atoms with E-state index in [1.54, 1.807) is 18.6 Å². The fourth-order valence-electron chi connectivity index (χ4n) is 4.17. The maximum atomic E-state index is 13.0. The molecule has 0 saturated carbocycles. The average Bonchev–Trinajstić information content (AvgIpc) is 2.84. The Morgan fingerprint density at radius 1 is 1.09 bits per heavy atom. The molecule has 0 unspecified atom stereocenters. The zero-order valence-corrected chi connectivity index (χ0v) is 18.7. The van der Waals surface area contributed by atoms with Crippen molar-refractivity contribution < 1.29 is 14.3 Å². The summed E-state index contributed by atoms with van der Waals surface area (Å²) < 4.78 is 6.14. The van der Waals surface area contributed by atoms with Gasteiger partial charge in [-0.25, -0.2) is 9.97 Å². The van der Waals surface area contributed by atoms with Crippen molar-refractivity contribution >= 4 is 11.8 Å². The van der Waals surface area contributed by atoms with Crippen LogP contribution >= 0.6 is 0 Å². The minimum atomic E-state index is -0.366. The first-order valence-electron chi connectivity index (χ1n) is 11.1. The largest absolute Gasteiger partial charge is 0.371 e. The van der Waals surface area contributed by atoms with Crippen LogP contribution in [0.1, 0.15) is 30.1 Å². The minimum Gasteiger partial charge on any atom is -0.371 e. The van der Waals surface area contributed by atoms with E-state index in [0.29, 0.717) is 69.3 Å². The van der Waals surface area contributed by atoms with Gasteiger partial charge in [0.1, 0.15) is 5.69 Å². The lowest BCUT2D eigenvalue weighted by atomic mass is 9.89. The van der Waals surface area contributed by atoms with Crippen molar-refractivity contribution in [2.24, 2.45) is 0 Å². The van der Waals surface area contributed by atoms with Crippen LogP contribution in [-0.2, 0) is 9.53 Å². The monoisotopic (exact) mass is 438 g/mol. The average molecular weight is 439 g/mol. The van der Waals surface area contributed by atoms with Gasteiger partial charge in [0.2, 0.25) is 5.91 Å². The van der Waals surface area contributed by atoms with E-state index in [9.17, 15) is 9.59 Å².